The van der Waals surface area contributed by atoms with Gasteiger partial charge in [0.15, 0.2) is 0 Å². The highest BCUT2D eigenvalue weighted by atomic mass is 35.5. The molecule has 2 aromatic rings. The van der Waals surface area contributed by atoms with Crippen LogP contribution in [0.2, 0.25) is 5.02 Å². The lowest BCUT2D eigenvalue weighted by Gasteiger charge is -2.09. The molecule has 0 radical (unpaired) electrons. The molecule has 92 valence electrons. The quantitative estimate of drug-likeness (QED) is 0.884. The van der Waals surface area contributed by atoms with Crippen molar-refractivity contribution >= 4 is 28.9 Å². The Morgan fingerprint density at radius 2 is 1.94 bits per heavy atom. The Bertz CT molecular complexity index is 601. The van der Waals surface area contributed by atoms with Crippen molar-refractivity contribution in [2.45, 2.75) is 0 Å². The number of hydrogen-bond acceptors (Lipinski definition) is 2. The number of aromatic carboxylic acids is 1. The van der Waals surface area contributed by atoms with E-state index in [1.54, 1.807) is 24.3 Å². The maximum absolute atomic E-state index is 13.2. The molecule has 5 heteroatoms. The Hall–Kier alpha value is -2.07. The molecule has 0 atom stereocenters. The summed E-state index contributed by atoms with van der Waals surface area (Å²) in [5, 5.41) is 12.2. The van der Waals surface area contributed by atoms with Crippen LogP contribution in [0.3, 0.4) is 0 Å². The number of benzene rings is 2. The van der Waals surface area contributed by atoms with Gasteiger partial charge in [0.05, 0.1) is 16.3 Å². The van der Waals surface area contributed by atoms with E-state index in [2.05, 4.69) is 5.32 Å². The van der Waals surface area contributed by atoms with Crippen molar-refractivity contribution in [3.63, 3.8) is 0 Å². The normalized spacial score (nSPS) is 10.1. The molecule has 0 unspecified atom stereocenters. The standard InChI is InChI=1S/C13H9ClFNO2/c14-10-3-1-2-4-12(10)16-8-5-6-11(15)9(7-8)13(17)18/h1-7,16H,(H,17,18). The molecule has 0 saturated carbocycles. The molecule has 0 fully saturated rings. The molecule has 0 amide bonds. The second-order valence-electron chi connectivity index (χ2n) is 3.60. The summed E-state index contributed by atoms with van der Waals surface area (Å²) >= 11 is 5.95. The molecule has 3 nitrogen and oxygen atoms in total. The molecular weight excluding hydrogens is 257 g/mol. The average Bonchev–Trinajstić information content (AvgIpc) is 2.34. The molecule has 0 spiro atoms. The van der Waals surface area contributed by atoms with E-state index in [0.29, 0.717) is 16.4 Å². The van der Waals surface area contributed by atoms with Gasteiger partial charge in [-0.05, 0) is 30.3 Å². The van der Waals surface area contributed by atoms with E-state index in [1.807, 2.05) is 0 Å². The minimum atomic E-state index is -1.31. The lowest BCUT2D eigenvalue weighted by atomic mass is 10.2. The fourth-order valence-corrected chi connectivity index (χ4v) is 1.67. The first-order valence-corrected chi connectivity index (χ1v) is 5.50. The molecule has 0 bridgehead atoms. The Labute approximate surface area is 108 Å². The van der Waals surface area contributed by atoms with Crippen LogP contribution >= 0.6 is 11.6 Å². The third-order valence-electron chi connectivity index (χ3n) is 2.35. The zero-order valence-electron chi connectivity index (χ0n) is 9.15. The third kappa shape index (κ3) is 2.60. The van der Waals surface area contributed by atoms with Gasteiger partial charge in [0.25, 0.3) is 0 Å². The van der Waals surface area contributed by atoms with Crippen molar-refractivity contribution in [2.24, 2.45) is 0 Å². The van der Waals surface area contributed by atoms with Crippen LogP contribution < -0.4 is 5.32 Å². The van der Waals surface area contributed by atoms with Gasteiger partial charge in [-0.3, -0.25) is 0 Å². The van der Waals surface area contributed by atoms with Gasteiger partial charge < -0.3 is 10.4 Å². The van der Waals surface area contributed by atoms with E-state index in [4.69, 9.17) is 16.7 Å². The minimum Gasteiger partial charge on any atom is -0.478 e. The van der Waals surface area contributed by atoms with Gasteiger partial charge in [0, 0.05) is 5.69 Å². The minimum absolute atomic E-state index is 0.382. The van der Waals surface area contributed by atoms with Gasteiger partial charge in [-0.1, -0.05) is 23.7 Å². The molecule has 2 aromatic carbocycles. The van der Waals surface area contributed by atoms with Crippen LogP contribution in [0.5, 0.6) is 0 Å². The fraction of sp³-hybridized carbons (Fsp3) is 0. The molecule has 0 heterocycles. The van der Waals surface area contributed by atoms with Crippen LogP contribution in [0.25, 0.3) is 0 Å². The number of para-hydroxylation sites is 1. The van der Waals surface area contributed by atoms with E-state index in [9.17, 15) is 9.18 Å². The van der Waals surface area contributed by atoms with Crippen LogP contribution in [-0.2, 0) is 0 Å². The van der Waals surface area contributed by atoms with Crippen LogP contribution in [0, 0.1) is 5.82 Å². The van der Waals surface area contributed by atoms with Gasteiger partial charge in [0.2, 0.25) is 0 Å². The predicted octanol–water partition coefficient (Wildman–Crippen LogP) is 3.92. The smallest absolute Gasteiger partial charge is 0.338 e. The van der Waals surface area contributed by atoms with E-state index >= 15 is 0 Å². The maximum Gasteiger partial charge on any atom is 0.338 e. The van der Waals surface area contributed by atoms with E-state index in [0.717, 1.165) is 6.07 Å². The highest BCUT2D eigenvalue weighted by Crippen LogP contribution is 2.25. The van der Waals surface area contributed by atoms with Crippen molar-refractivity contribution in [1.82, 2.24) is 0 Å². The number of carboxylic acid groups (broad SMARTS) is 1. The van der Waals surface area contributed by atoms with Crippen LogP contribution in [0.15, 0.2) is 42.5 Å². The Morgan fingerprint density at radius 1 is 1.22 bits per heavy atom. The summed E-state index contributed by atoms with van der Waals surface area (Å²) in [5.41, 5.74) is 0.705. The zero-order chi connectivity index (χ0) is 13.1. The van der Waals surface area contributed by atoms with Gasteiger partial charge in [-0.25, -0.2) is 9.18 Å². The summed E-state index contributed by atoms with van der Waals surface area (Å²) < 4.78 is 13.2. The van der Waals surface area contributed by atoms with Gasteiger partial charge in [0.1, 0.15) is 5.82 Å². The fourth-order valence-electron chi connectivity index (χ4n) is 1.49. The predicted molar refractivity (Wildman–Crippen MR) is 68.1 cm³/mol. The van der Waals surface area contributed by atoms with Crippen LogP contribution in [0.1, 0.15) is 10.4 Å². The lowest BCUT2D eigenvalue weighted by molar-refractivity contribution is 0.0692. The summed E-state index contributed by atoms with van der Waals surface area (Å²) in [4.78, 5) is 10.8. The lowest BCUT2D eigenvalue weighted by Crippen LogP contribution is -2.02. The molecule has 2 N–H and O–H groups in total. The number of carbonyl (C=O) groups is 1. The molecule has 0 aliphatic heterocycles. The number of hydrogen-bond donors (Lipinski definition) is 2. The van der Waals surface area contributed by atoms with Crippen LogP contribution in [0.4, 0.5) is 15.8 Å². The monoisotopic (exact) mass is 265 g/mol. The molecule has 2 rings (SSSR count). The Morgan fingerprint density at radius 3 is 2.61 bits per heavy atom. The highest BCUT2D eigenvalue weighted by Gasteiger charge is 2.11. The maximum atomic E-state index is 13.2. The molecule has 18 heavy (non-hydrogen) atoms. The summed E-state index contributed by atoms with van der Waals surface area (Å²) in [6, 6.07) is 10.8. The van der Waals surface area contributed by atoms with Crippen LogP contribution in [-0.4, -0.2) is 11.1 Å². The number of halogens is 2. The number of carboxylic acids is 1. The van der Waals surface area contributed by atoms with Gasteiger partial charge >= 0.3 is 5.97 Å². The van der Waals surface area contributed by atoms with Gasteiger partial charge in [-0.2, -0.15) is 0 Å². The Kier molecular flexibility index (Phi) is 3.48. The number of rotatable bonds is 3. The van der Waals surface area contributed by atoms with Gasteiger partial charge in [-0.15, -0.1) is 0 Å². The summed E-state index contributed by atoms with van der Waals surface area (Å²) in [5.74, 6) is -2.08. The molecule has 0 aromatic heterocycles. The highest BCUT2D eigenvalue weighted by molar-refractivity contribution is 6.33. The first-order chi connectivity index (χ1) is 8.58. The van der Waals surface area contributed by atoms with Crippen molar-refractivity contribution < 1.29 is 14.3 Å². The second kappa shape index (κ2) is 5.06. The first kappa shape index (κ1) is 12.4. The SMILES string of the molecule is O=C(O)c1cc(Nc2ccccc2Cl)ccc1F. The summed E-state index contributed by atoms with van der Waals surface area (Å²) in [6.07, 6.45) is 0. The topological polar surface area (TPSA) is 49.3 Å². The first-order valence-electron chi connectivity index (χ1n) is 5.12. The van der Waals surface area contributed by atoms with Crippen molar-refractivity contribution in [3.05, 3.63) is 58.9 Å². The molecule has 0 saturated heterocycles. The van der Waals surface area contributed by atoms with Crippen molar-refractivity contribution in [3.8, 4) is 0 Å². The molecule has 0 aliphatic carbocycles. The summed E-state index contributed by atoms with van der Waals surface area (Å²) in [6.45, 7) is 0. The van der Waals surface area contributed by atoms with Crippen molar-refractivity contribution in [1.29, 1.82) is 0 Å². The Balaban J connectivity index is 2.33. The molecule has 0 aliphatic rings. The van der Waals surface area contributed by atoms with E-state index in [-0.39, 0.29) is 5.56 Å². The zero-order valence-corrected chi connectivity index (χ0v) is 9.91. The third-order valence-corrected chi connectivity index (χ3v) is 2.68. The molecular formula is C13H9ClFNO2. The summed E-state index contributed by atoms with van der Waals surface area (Å²) in [7, 11) is 0. The van der Waals surface area contributed by atoms with E-state index < -0.39 is 11.8 Å². The number of anilines is 2. The average molecular weight is 266 g/mol. The second-order valence-corrected chi connectivity index (χ2v) is 4.01. The largest absolute Gasteiger partial charge is 0.478 e. The van der Waals surface area contributed by atoms with Crippen molar-refractivity contribution in [2.75, 3.05) is 5.32 Å². The van der Waals surface area contributed by atoms with E-state index in [1.165, 1.54) is 12.1 Å². The number of nitrogens with one attached hydrogen (secondary N) is 1.